The lowest BCUT2D eigenvalue weighted by atomic mass is 9.74. The second kappa shape index (κ2) is 7.36. The summed E-state index contributed by atoms with van der Waals surface area (Å²) in [7, 11) is 0. The van der Waals surface area contributed by atoms with E-state index in [2.05, 4.69) is 26.7 Å². The second-order valence-electron chi connectivity index (χ2n) is 7.69. The molecule has 8 heteroatoms. The van der Waals surface area contributed by atoms with E-state index >= 15 is 4.39 Å². The van der Waals surface area contributed by atoms with Gasteiger partial charge in [0.1, 0.15) is 11.6 Å². The minimum absolute atomic E-state index is 0.201. The van der Waals surface area contributed by atoms with Crippen molar-refractivity contribution in [1.82, 2.24) is 20.2 Å². The predicted octanol–water partition coefficient (Wildman–Crippen LogP) is 4.37. The molecule has 2 aromatic heterocycles. The molecule has 0 saturated heterocycles. The van der Waals surface area contributed by atoms with Crippen molar-refractivity contribution in [3.05, 3.63) is 70.9 Å². The van der Waals surface area contributed by atoms with Crippen molar-refractivity contribution in [2.24, 2.45) is 0 Å². The molecular formula is C22H22FN5OS. The Bertz CT molecular complexity index is 1170. The Morgan fingerprint density at radius 1 is 1.37 bits per heavy atom. The van der Waals surface area contributed by atoms with E-state index in [0.717, 1.165) is 11.1 Å². The van der Waals surface area contributed by atoms with Crippen LogP contribution < -0.4 is 4.90 Å². The maximum absolute atomic E-state index is 15.3. The maximum Gasteiger partial charge on any atom is 0.262 e. The van der Waals surface area contributed by atoms with Crippen LogP contribution in [0.15, 0.2) is 42.3 Å². The molecule has 30 heavy (non-hydrogen) atoms. The lowest BCUT2D eigenvalue weighted by molar-refractivity contribution is 0.0967. The number of thioether (sulfide) groups is 1. The van der Waals surface area contributed by atoms with E-state index < -0.39 is 5.41 Å². The quantitative estimate of drug-likeness (QED) is 0.498. The van der Waals surface area contributed by atoms with Crippen LogP contribution in [-0.4, -0.2) is 38.9 Å². The van der Waals surface area contributed by atoms with E-state index in [1.165, 1.54) is 18.0 Å². The number of hydrogen-bond acceptors (Lipinski definition) is 5. The molecule has 1 aromatic carbocycles. The number of nitrogens with one attached hydrogen (secondary N) is 1. The van der Waals surface area contributed by atoms with Crippen LogP contribution in [0.3, 0.4) is 0 Å². The summed E-state index contributed by atoms with van der Waals surface area (Å²) in [5.41, 5.74) is 2.54. The molecule has 1 amide bonds. The molecule has 4 rings (SSSR count). The van der Waals surface area contributed by atoms with Crippen LogP contribution in [0.4, 0.5) is 10.2 Å². The smallest absolute Gasteiger partial charge is 0.262 e. The lowest BCUT2D eigenvalue weighted by Crippen LogP contribution is -2.50. The third kappa shape index (κ3) is 3.02. The number of carbonyl (C=O) groups excluding carboxylic acids is 1. The molecule has 0 spiro atoms. The van der Waals surface area contributed by atoms with E-state index in [-0.39, 0.29) is 18.3 Å². The van der Waals surface area contributed by atoms with Gasteiger partial charge in [-0.15, -0.1) is 0 Å². The van der Waals surface area contributed by atoms with Gasteiger partial charge in [-0.1, -0.05) is 36.5 Å². The van der Waals surface area contributed by atoms with E-state index in [4.69, 9.17) is 0 Å². The number of rotatable bonds is 4. The number of halogens is 1. The number of allylic oxidation sites excluding steroid dienone is 1. The van der Waals surface area contributed by atoms with Crippen molar-refractivity contribution in [1.29, 1.82) is 0 Å². The first-order valence-electron chi connectivity index (χ1n) is 9.46. The van der Waals surface area contributed by atoms with Gasteiger partial charge < -0.3 is 0 Å². The number of fused-ring (bicyclic) bond motifs is 1. The number of anilines is 1. The molecule has 0 aliphatic carbocycles. The van der Waals surface area contributed by atoms with Crippen LogP contribution in [0.2, 0.25) is 0 Å². The fourth-order valence-electron chi connectivity index (χ4n) is 3.91. The maximum atomic E-state index is 15.3. The van der Waals surface area contributed by atoms with Crippen molar-refractivity contribution >= 4 is 29.1 Å². The third-order valence-electron chi connectivity index (χ3n) is 5.56. The molecule has 3 aromatic rings. The first kappa shape index (κ1) is 20.3. The minimum atomic E-state index is -0.885. The number of H-pyrrole nitrogens is 1. The van der Waals surface area contributed by atoms with Crippen LogP contribution in [-0.2, 0) is 5.41 Å². The summed E-state index contributed by atoms with van der Waals surface area (Å²) in [5.74, 6) is -0.0179. The second-order valence-corrected chi connectivity index (χ2v) is 8.46. The summed E-state index contributed by atoms with van der Waals surface area (Å²) in [6, 6.07) is 5.31. The van der Waals surface area contributed by atoms with Gasteiger partial charge >= 0.3 is 0 Å². The molecule has 0 fully saturated rings. The van der Waals surface area contributed by atoms with E-state index in [1.54, 1.807) is 30.2 Å². The average molecular weight is 424 g/mol. The molecule has 1 aliphatic rings. The summed E-state index contributed by atoms with van der Waals surface area (Å²) in [6.45, 7) is 9.68. The standard InChI is InChI=1S/C22H22FN5OS/c1-12(2)14-10-25-27-19(14)28-11-22(4,16-8-6-7-13(3)17(16)23)18-15(20(28)29)9-24-21(26-18)30-5/h6-10H,1,11H2,2-5H3,(H,25,27). The summed E-state index contributed by atoms with van der Waals surface area (Å²) in [4.78, 5) is 24.0. The number of aromatic nitrogens is 4. The molecule has 0 saturated carbocycles. The Labute approximate surface area is 178 Å². The molecule has 1 unspecified atom stereocenters. The molecule has 1 aliphatic heterocycles. The number of hydrogen-bond donors (Lipinski definition) is 1. The van der Waals surface area contributed by atoms with Gasteiger partial charge in [0, 0.05) is 23.9 Å². The van der Waals surface area contributed by atoms with Crippen LogP contribution in [0, 0.1) is 12.7 Å². The van der Waals surface area contributed by atoms with Crippen LogP contribution in [0.5, 0.6) is 0 Å². The zero-order valence-electron chi connectivity index (χ0n) is 17.3. The highest BCUT2D eigenvalue weighted by Gasteiger charge is 2.45. The zero-order valence-corrected chi connectivity index (χ0v) is 18.1. The summed E-state index contributed by atoms with van der Waals surface area (Å²) in [6.07, 6.45) is 5.04. The van der Waals surface area contributed by atoms with Crippen LogP contribution in [0.1, 0.15) is 46.6 Å². The monoisotopic (exact) mass is 423 g/mol. The SMILES string of the molecule is C=C(C)c1cn[nH]c1N1CC(C)(c2cccc(C)c2F)c2nc(SC)ncc2C1=O. The van der Waals surface area contributed by atoms with Crippen molar-refractivity contribution < 1.29 is 9.18 Å². The number of aromatic amines is 1. The topological polar surface area (TPSA) is 74.8 Å². The Balaban J connectivity index is 1.98. The number of amides is 1. The van der Waals surface area contributed by atoms with Gasteiger partial charge in [-0.25, -0.2) is 14.4 Å². The van der Waals surface area contributed by atoms with E-state index in [0.29, 0.717) is 33.4 Å². The first-order chi connectivity index (χ1) is 14.3. The first-order valence-corrected chi connectivity index (χ1v) is 10.7. The number of benzene rings is 1. The normalized spacial score (nSPS) is 18.4. The minimum Gasteiger partial charge on any atom is -0.291 e. The van der Waals surface area contributed by atoms with Gasteiger partial charge in [0.05, 0.1) is 22.9 Å². The molecule has 1 atom stereocenters. The van der Waals surface area contributed by atoms with Gasteiger partial charge in [0.2, 0.25) is 0 Å². The van der Waals surface area contributed by atoms with Crippen LogP contribution in [0.25, 0.3) is 5.57 Å². The van der Waals surface area contributed by atoms with E-state index in [9.17, 15) is 4.79 Å². The molecule has 0 radical (unpaired) electrons. The highest BCUT2D eigenvalue weighted by atomic mass is 32.2. The summed E-state index contributed by atoms with van der Waals surface area (Å²) < 4.78 is 15.3. The summed E-state index contributed by atoms with van der Waals surface area (Å²) in [5, 5.41) is 7.55. The number of aryl methyl sites for hydroxylation is 1. The number of nitrogens with zero attached hydrogens (tertiary/aromatic N) is 4. The molecule has 1 N–H and O–H groups in total. The lowest BCUT2D eigenvalue weighted by Gasteiger charge is -2.41. The Hall–Kier alpha value is -3.00. The van der Waals surface area contributed by atoms with Gasteiger partial charge in [0.25, 0.3) is 5.91 Å². The van der Waals surface area contributed by atoms with Gasteiger partial charge in [-0.2, -0.15) is 5.10 Å². The fourth-order valence-corrected chi connectivity index (χ4v) is 4.25. The van der Waals surface area contributed by atoms with Crippen molar-refractivity contribution in [3.63, 3.8) is 0 Å². The fraction of sp³-hybridized carbons (Fsp3) is 0.273. The van der Waals surface area contributed by atoms with Crippen molar-refractivity contribution in [3.8, 4) is 0 Å². The molecule has 6 nitrogen and oxygen atoms in total. The zero-order chi connectivity index (χ0) is 21.6. The van der Waals surface area contributed by atoms with E-state index in [1.807, 2.05) is 26.2 Å². The summed E-state index contributed by atoms with van der Waals surface area (Å²) >= 11 is 1.38. The number of carbonyl (C=O) groups is 1. The Kier molecular flexibility index (Phi) is 4.97. The van der Waals surface area contributed by atoms with Gasteiger partial charge in [-0.3, -0.25) is 14.8 Å². The highest BCUT2D eigenvalue weighted by molar-refractivity contribution is 7.98. The van der Waals surface area contributed by atoms with Gasteiger partial charge in [-0.05, 0) is 38.2 Å². The Morgan fingerprint density at radius 2 is 2.13 bits per heavy atom. The molecule has 0 bridgehead atoms. The van der Waals surface area contributed by atoms with Crippen molar-refractivity contribution in [2.75, 3.05) is 17.7 Å². The molecule has 154 valence electrons. The average Bonchev–Trinajstić information content (AvgIpc) is 3.22. The highest BCUT2D eigenvalue weighted by Crippen LogP contribution is 2.42. The largest absolute Gasteiger partial charge is 0.291 e. The third-order valence-corrected chi connectivity index (χ3v) is 6.12. The van der Waals surface area contributed by atoms with Crippen molar-refractivity contribution in [2.45, 2.75) is 31.3 Å². The molecule has 3 heterocycles. The Morgan fingerprint density at radius 3 is 2.83 bits per heavy atom. The van der Waals surface area contributed by atoms with Crippen LogP contribution >= 0.6 is 11.8 Å². The molecular weight excluding hydrogens is 401 g/mol. The van der Waals surface area contributed by atoms with Gasteiger partial charge in [0.15, 0.2) is 5.16 Å². The predicted molar refractivity (Wildman–Crippen MR) is 116 cm³/mol.